The minimum Gasteiger partial charge on any atom is -0.507 e. The Balaban J connectivity index is 1.36. The maximum atomic E-state index is 14.1. The first-order chi connectivity index (χ1) is 20.7. The summed E-state index contributed by atoms with van der Waals surface area (Å²) in [5.41, 5.74) is 2.35. The summed E-state index contributed by atoms with van der Waals surface area (Å²) < 4.78 is 7.09. The van der Waals surface area contributed by atoms with Gasteiger partial charge < -0.3 is 9.84 Å². The number of phenols is 1. The van der Waals surface area contributed by atoms with Crippen molar-refractivity contribution >= 4 is 29.1 Å². The quantitative estimate of drug-likeness (QED) is 0.245. The van der Waals surface area contributed by atoms with E-state index in [-0.39, 0.29) is 29.0 Å². The lowest BCUT2D eigenvalue weighted by Crippen LogP contribution is -2.48. The molecule has 1 atom stereocenters. The van der Waals surface area contributed by atoms with E-state index in [1.54, 1.807) is 32.1 Å². The third kappa shape index (κ3) is 4.63. The van der Waals surface area contributed by atoms with E-state index >= 15 is 0 Å². The molecule has 222 valence electrons. The first-order valence-electron chi connectivity index (χ1n) is 14.9. The van der Waals surface area contributed by atoms with Crippen molar-refractivity contribution in [3.8, 4) is 5.75 Å². The van der Waals surface area contributed by atoms with E-state index in [1.807, 2.05) is 6.07 Å². The zero-order valence-corrected chi connectivity index (χ0v) is 24.9. The van der Waals surface area contributed by atoms with Crippen LogP contribution in [0.3, 0.4) is 0 Å². The summed E-state index contributed by atoms with van der Waals surface area (Å²) >= 11 is 1.17. The lowest BCUT2D eigenvalue weighted by molar-refractivity contribution is -0.384. The van der Waals surface area contributed by atoms with Gasteiger partial charge in [0.15, 0.2) is 4.80 Å². The molecule has 4 saturated carbocycles. The lowest BCUT2D eigenvalue weighted by atomic mass is 9.48. The van der Waals surface area contributed by atoms with Gasteiger partial charge >= 0.3 is 5.97 Å². The first-order valence-corrected chi connectivity index (χ1v) is 15.7. The molecule has 1 aromatic heterocycles. The number of carbonyl (C=O) groups is 1. The summed E-state index contributed by atoms with van der Waals surface area (Å²) in [6.07, 6.45) is 9.27. The van der Waals surface area contributed by atoms with Gasteiger partial charge in [-0.1, -0.05) is 29.5 Å². The molecular weight excluding hydrogens is 566 g/mol. The number of benzene rings is 2. The second kappa shape index (κ2) is 10.3. The number of phenolic OH excluding ortho intramolecular Hbond substituents is 1. The molecular formula is C33H33N3O6S. The highest BCUT2D eigenvalue weighted by Crippen LogP contribution is 2.60. The van der Waals surface area contributed by atoms with Crippen LogP contribution in [0.5, 0.6) is 5.75 Å². The van der Waals surface area contributed by atoms with Crippen molar-refractivity contribution in [3.63, 3.8) is 0 Å². The first kappa shape index (κ1) is 27.8. The average Bonchev–Trinajstić information content (AvgIpc) is 3.26. The lowest BCUT2D eigenvalue weighted by Gasteiger charge is -2.57. The van der Waals surface area contributed by atoms with Crippen LogP contribution in [0, 0.1) is 27.9 Å². The van der Waals surface area contributed by atoms with Crippen molar-refractivity contribution in [3.05, 3.63) is 100 Å². The molecule has 5 aliphatic rings. The number of fused-ring (bicyclic) bond motifs is 1. The molecule has 10 heteroatoms. The summed E-state index contributed by atoms with van der Waals surface area (Å²) in [6, 6.07) is 10.8. The molecule has 43 heavy (non-hydrogen) atoms. The fourth-order valence-corrected chi connectivity index (χ4v) is 9.56. The van der Waals surface area contributed by atoms with Gasteiger partial charge in [0.25, 0.3) is 11.2 Å². The average molecular weight is 600 g/mol. The van der Waals surface area contributed by atoms with E-state index in [2.05, 4.69) is 11.1 Å². The number of non-ortho nitro benzene ring substituents is 1. The number of esters is 1. The predicted octanol–water partition coefficient (Wildman–Crippen LogP) is 4.88. The van der Waals surface area contributed by atoms with Crippen LogP contribution < -0.4 is 14.9 Å². The third-order valence-electron chi connectivity index (χ3n) is 9.88. The van der Waals surface area contributed by atoms with Gasteiger partial charge in [-0.3, -0.25) is 19.5 Å². The molecule has 1 aliphatic heterocycles. The minimum absolute atomic E-state index is 0.0953. The van der Waals surface area contributed by atoms with Gasteiger partial charge in [0.05, 0.1) is 33.4 Å². The van der Waals surface area contributed by atoms with E-state index in [9.17, 15) is 24.8 Å². The van der Waals surface area contributed by atoms with E-state index in [0.717, 1.165) is 17.8 Å². The third-order valence-corrected chi connectivity index (χ3v) is 10.9. The minimum atomic E-state index is -0.954. The van der Waals surface area contributed by atoms with Gasteiger partial charge in [0.2, 0.25) is 0 Å². The van der Waals surface area contributed by atoms with Crippen molar-refractivity contribution < 1.29 is 19.6 Å². The molecule has 0 radical (unpaired) electrons. The fourth-order valence-electron chi connectivity index (χ4n) is 8.52. The van der Waals surface area contributed by atoms with Crippen LogP contribution in [0.1, 0.15) is 75.1 Å². The molecule has 3 aromatic rings. The van der Waals surface area contributed by atoms with Gasteiger partial charge in [-0.25, -0.2) is 9.79 Å². The Hall–Kier alpha value is -4.05. The van der Waals surface area contributed by atoms with Crippen molar-refractivity contribution in [2.75, 3.05) is 6.61 Å². The summed E-state index contributed by atoms with van der Waals surface area (Å²) in [5, 5.41) is 22.5. The van der Waals surface area contributed by atoms with Crippen molar-refractivity contribution in [2.24, 2.45) is 22.7 Å². The highest BCUT2D eigenvalue weighted by molar-refractivity contribution is 7.07. The van der Waals surface area contributed by atoms with Crippen LogP contribution in [-0.2, 0) is 14.9 Å². The molecule has 4 bridgehead atoms. The summed E-state index contributed by atoms with van der Waals surface area (Å²) in [7, 11) is 0. The second-order valence-corrected chi connectivity index (χ2v) is 13.6. The molecule has 4 fully saturated rings. The Kier molecular flexibility index (Phi) is 6.65. The highest BCUT2D eigenvalue weighted by atomic mass is 32.1. The largest absolute Gasteiger partial charge is 0.507 e. The topological polar surface area (TPSA) is 124 Å². The van der Waals surface area contributed by atoms with Crippen LogP contribution in [0.4, 0.5) is 5.69 Å². The number of aromatic hydroxyl groups is 1. The van der Waals surface area contributed by atoms with Gasteiger partial charge in [-0.15, -0.1) is 0 Å². The number of allylic oxidation sites excluding steroid dienone is 1. The van der Waals surface area contributed by atoms with Crippen molar-refractivity contribution in [2.45, 2.75) is 63.8 Å². The number of thiazole rings is 1. The number of nitro benzene ring substituents is 1. The van der Waals surface area contributed by atoms with Crippen LogP contribution in [0.2, 0.25) is 0 Å². The van der Waals surface area contributed by atoms with Crippen molar-refractivity contribution in [1.82, 2.24) is 4.57 Å². The smallest absolute Gasteiger partial charge is 0.338 e. The predicted molar refractivity (Wildman–Crippen MR) is 161 cm³/mol. The van der Waals surface area contributed by atoms with Gasteiger partial charge in [-0.05, 0) is 105 Å². The second-order valence-electron chi connectivity index (χ2n) is 12.6. The number of rotatable bonds is 6. The number of nitrogens with zero attached hydrogens (tertiary/aromatic N) is 3. The Labute approximate surface area is 252 Å². The zero-order chi connectivity index (χ0) is 30.0. The van der Waals surface area contributed by atoms with Gasteiger partial charge in [-0.2, -0.15) is 0 Å². The Morgan fingerprint density at radius 1 is 1.16 bits per heavy atom. The maximum Gasteiger partial charge on any atom is 0.338 e. The molecule has 4 aliphatic carbocycles. The Bertz CT molecular complexity index is 1850. The summed E-state index contributed by atoms with van der Waals surface area (Å²) in [5.74, 6) is 1.79. The van der Waals surface area contributed by atoms with E-state index < -0.39 is 22.5 Å². The number of hydrogen-bond donors (Lipinski definition) is 1. The standard InChI is InChI=1S/C33H33N3O6S/c1-3-42-31(39)28-18(2)34-32-35(29(28)22-5-4-6-25(13-22)36(40)41)30(38)27(43-32)14-23-12-24(7-8-26(23)37)33-15-19-9-20(16-33)11-21(10-19)17-33/h4-8,12-14,19-21,29,37H,3,9-11,15-17H2,1-2H3/b27-14+/t19?,20?,21?,29-,33?/m1/s1. The fraction of sp³-hybridized carbons (Fsp3) is 0.424. The molecule has 2 heterocycles. The number of ether oxygens (including phenoxy) is 1. The molecule has 0 spiro atoms. The number of nitro groups is 1. The van der Waals surface area contributed by atoms with Crippen molar-refractivity contribution in [1.29, 1.82) is 0 Å². The molecule has 0 unspecified atom stereocenters. The number of hydrogen-bond acceptors (Lipinski definition) is 8. The monoisotopic (exact) mass is 599 g/mol. The van der Waals surface area contributed by atoms with E-state index in [0.29, 0.717) is 26.2 Å². The van der Waals surface area contributed by atoms with Crippen LogP contribution in [-0.4, -0.2) is 27.2 Å². The molecule has 0 saturated heterocycles. The molecule has 2 aromatic carbocycles. The highest BCUT2D eigenvalue weighted by Gasteiger charge is 2.51. The van der Waals surface area contributed by atoms with Crippen LogP contribution in [0.25, 0.3) is 6.08 Å². The number of carbonyl (C=O) groups excluding carboxylic acids is 1. The summed E-state index contributed by atoms with van der Waals surface area (Å²) in [6.45, 7) is 3.49. The van der Waals surface area contributed by atoms with E-state index in [1.165, 1.54) is 78.2 Å². The van der Waals surface area contributed by atoms with Crippen LogP contribution in [0.15, 0.2) is 63.5 Å². The molecule has 8 rings (SSSR count). The molecule has 0 amide bonds. The van der Waals surface area contributed by atoms with Gasteiger partial charge in [0.1, 0.15) is 5.75 Å². The number of aromatic nitrogens is 1. The Morgan fingerprint density at radius 2 is 1.86 bits per heavy atom. The zero-order valence-electron chi connectivity index (χ0n) is 24.1. The Morgan fingerprint density at radius 3 is 2.51 bits per heavy atom. The molecule has 9 nitrogen and oxygen atoms in total. The molecule has 1 N–H and O–H groups in total. The maximum absolute atomic E-state index is 14.1. The van der Waals surface area contributed by atoms with E-state index in [4.69, 9.17) is 4.74 Å². The van der Waals surface area contributed by atoms with Gasteiger partial charge in [0, 0.05) is 17.7 Å². The SMILES string of the molecule is CCOC(=O)C1=C(C)N=c2s/c(=C/c3cc(C45CC6CC(CC(C6)C4)C5)ccc3O)c(=O)n2[C@@H]1c1cccc([N+](=O)[O-])c1. The normalized spacial score (nSPS) is 27.6. The van der Waals surface area contributed by atoms with Crippen LogP contribution >= 0.6 is 11.3 Å². The summed E-state index contributed by atoms with van der Waals surface area (Å²) in [4.78, 5) is 43.3.